The van der Waals surface area contributed by atoms with Crippen LogP contribution >= 0.6 is 12.2 Å². The van der Waals surface area contributed by atoms with E-state index in [0.29, 0.717) is 10.6 Å². The summed E-state index contributed by atoms with van der Waals surface area (Å²) in [7, 11) is 0. The van der Waals surface area contributed by atoms with Crippen LogP contribution in [0.25, 0.3) is 10.8 Å². The third-order valence-electron chi connectivity index (χ3n) is 3.10. The molecule has 0 saturated heterocycles. The fourth-order valence-corrected chi connectivity index (χ4v) is 2.02. The molecule has 2 aromatic carbocycles. The highest BCUT2D eigenvalue weighted by atomic mass is 32.1. The molecule has 1 amide bonds. The van der Waals surface area contributed by atoms with Crippen LogP contribution < -0.4 is 5.32 Å². The van der Waals surface area contributed by atoms with Gasteiger partial charge < -0.3 is 5.32 Å². The highest BCUT2D eigenvalue weighted by Crippen LogP contribution is 2.19. The van der Waals surface area contributed by atoms with Crippen LogP contribution in [0, 0.1) is 12.8 Å². The molecule has 0 aliphatic heterocycles. The molecule has 98 valence electrons. The van der Waals surface area contributed by atoms with Gasteiger partial charge in [-0.1, -0.05) is 56.4 Å². The predicted molar refractivity (Wildman–Crippen MR) is 83.6 cm³/mol. The van der Waals surface area contributed by atoms with Crippen molar-refractivity contribution in [1.29, 1.82) is 0 Å². The normalized spacial score (nSPS) is 10.7. The summed E-state index contributed by atoms with van der Waals surface area (Å²) in [6.07, 6.45) is 0. The largest absolute Gasteiger partial charge is 0.316 e. The Morgan fingerprint density at radius 1 is 1.16 bits per heavy atom. The summed E-state index contributed by atoms with van der Waals surface area (Å²) < 4.78 is 0. The SMILES string of the molecule is Cc1cc2ccccc2cc1C(=O)NC(=S)C(C)C. The van der Waals surface area contributed by atoms with Gasteiger partial charge in [-0.3, -0.25) is 4.79 Å². The van der Waals surface area contributed by atoms with E-state index in [1.165, 1.54) is 0 Å². The van der Waals surface area contributed by atoms with Gasteiger partial charge in [-0.25, -0.2) is 0 Å². The van der Waals surface area contributed by atoms with Crippen molar-refractivity contribution >= 4 is 33.9 Å². The maximum Gasteiger partial charge on any atom is 0.256 e. The number of benzene rings is 2. The maximum absolute atomic E-state index is 12.2. The first-order chi connectivity index (χ1) is 8.99. The molecule has 2 nitrogen and oxygen atoms in total. The Hall–Kier alpha value is -1.74. The van der Waals surface area contributed by atoms with E-state index in [1.54, 1.807) is 0 Å². The molecule has 0 heterocycles. The molecule has 3 heteroatoms. The molecule has 19 heavy (non-hydrogen) atoms. The Balaban J connectivity index is 2.36. The first-order valence-electron chi connectivity index (χ1n) is 6.33. The third kappa shape index (κ3) is 2.99. The van der Waals surface area contributed by atoms with Gasteiger partial charge in [-0.05, 0) is 29.3 Å². The van der Waals surface area contributed by atoms with E-state index in [1.807, 2.05) is 57.2 Å². The lowest BCUT2D eigenvalue weighted by Crippen LogP contribution is -2.32. The van der Waals surface area contributed by atoms with Gasteiger partial charge in [0, 0.05) is 11.5 Å². The first-order valence-corrected chi connectivity index (χ1v) is 6.74. The van der Waals surface area contributed by atoms with Crippen LogP contribution in [0.5, 0.6) is 0 Å². The van der Waals surface area contributed by atoms with E-state index in [4.69, 9.17) is 12.2 Å². The monoisotopic (exact) mass is 271 g/mol. The number of carbonyl (C=O) groups is 1. The number of carbonyl (C=O) groups excluding carboxylic acids is 1. The zero-order chi connectivity index (χ0) is 14.0. The second-order valence-electron chi connectivity index (χ2n) is 4.99. The van der Waals surface area contributed by atoms with E-state index in [2.05, 4.69) is 5.32 Å². The molecular weight excluding hydrogens is 254 g/mol. The van der Waals surface area contributed by atoms with Crippen molar-refractivity contribution in [2.75, 3.05) is 0 Å². The minimum atomic E-state index is -0.123. The smallest absolute Gasteiger partial charge is 0.256 e. The second kappa shape index (κ2) is 5.49. The standard InChI is InChI=1S/C16H17NOS/c1-10(2)16(19)17-15(18)14-9-13-7-5-4-6-12(13)8-11(14)3/h4-10H,1-3H3,(H,17,18,19). The van der Waals surface area contributed by atoms with Gasteiger partial charge in [0.05, 0.1) is 4.99 Å². The van der Waals surface area contributed by atoms with Gasteiger partial charge in [0.2, 0.25) is 0 Å². The molecular formula is C16H17NOS. The molecule has 0 aromatic heterocycles. The second-order valence-corrected chi connectivity index (χ2v) is 5.43. The Kier molecular flexibility index (Phi) is 3.96. The number of thiocarbonyl (C=S) groups is 1. The lowest BCUT2D eigenvalue weighted by atomic mass is 10.0. The molecule has 0 atom stereocenters. The van der Waals surface area contributed by atoms with E-state index < -0.39 is 0 Å². The first kappa shape index (κ1) is 13.7. The van der Waals surface area contributed by atoms with E-state index in [0.717, 1.165) is 16.3 Å². The van der Waals surface area contributed by atoms with E-state index >= 15 is 0 Å². The molecule has 0 saturated carbocycles. The highest BCUT2D eigenvalue weighted by molar-refractivity contribution is 7.80. The molecule has 1 N–H and O–H groups in total. The van der Waals surface area contributed by atoms with Crippen molar-refractivity contribution in [2.45, 2.75) is 20.8 Å². The van der Waals surface area contributed by atoms with Crippen molar-refractivity contribution in [3.63, 3.8) is 0 Å². The quantitative estimate of drug-likeness (QED) is 0.840. The maximum atomic E-state index is 12.2. The average Bonchev–Trinajstić information content (AvgIpc) is 2.37. The number of hydrogen-bond acceptors (Lipinski definition) is 2. The fraction of sp³-hybridized carbons (Fsp3) is 0.250. The van der Waals surface area contributed by atoms with Gasteiger partial charge in [0.1, 0.15) is 0 Å². The molecule has 2 rings (SSSR count). The zero-order valence-corrected chi connectivity index (χ0v) is 12.2. The van der Waals surface area contributed by atoms with Crippen molar-refractivity contribution in [3.8, 4) is 0 Å². The van der Waals surface area contributed by atoms with Gasteiger partial charge >= 0.3 is 0 Å². The average molecular weight is 271 g/mol. The summed E-state index contributed by atoms with van der Waals surface area (Å²) in [6.45, 7) is 5.88. The van der Waals surface area contributed by atoms with Crippen LogP contribution in [0.4, 0.5) is 0 Å². The molecule has 0 radical (unpaired) electrons. The van der Waals surface area contributed by atoms with Gasteiger partial charge in [-0.15, -0.1) is 0 Å². The van der Waals surface area contributed by atoms with Crippen LogP contribution in [0.15, 0.2) is 36.4 Å². The number of nitrogens with one attached hydrogen (secondary N) is 1. The van der Waals surface area contributed by atoms with Crippen molar-refractivity contribution < 1.29 is 4.79 Å². The van der Waals surface area contributed by atoms with Crippen molar-refractivity contribution in [1.82, 2.24) is 5.32 Å². The topological polar surface area (TPSA) is 29.1 Å². The number of aryl methyl sites for hydroxylation is 1. The predicted octanol–water partition coefficient (Wildman–Crippen LogP) is 3.86. The Morgan fingerprint density at radius 2 is 1.74 bits per heavy atom. The summed E-state index contributed by atoms with van der Waals surface area (Å²) in [5, 5.41) is 5.00. The molecule has 0 spiro atoms. The minimum Gasteiger partial charge on any atom is -0.316 e. The lowest BCUT2D eigenvalue weighted by molar-refractivity contribution is 0.0976. The van der Waals surface area contributed by atoms with E-state index in [9.17, 15) is 4.79 Å². The molecule has 0 aliphatic rings. The number of amides is 1. The Bertz CT molecular complexity index is 646. The summed E-state index contributed by atoms with van der Waals surface area (Å²) in [5.41, 5.74) is 1.64. The number of rotatable bonds is 2. The van der Waals surface area contributed by atoms with Crippen molar-refractivity contribution in [3.05, 3.63) is 47.5 Å². The van der Waals surface area contributed by atoms with Crippen LogP contribution in [0.1, 0.15) is 29.8 Å². The van der Waals surface area contributed by atoms with Gasteiger partial charge in [-0.2, -0.15) is 0 Å². The minimum absolute atomic E-state index is 0.123. The van der Waals surface area contributed by atoms with Gasteiger partial charge in [0.15, 0.2) is 0 Å². The Labute approximate surface area is 118 Å². The van der Waals surface area contributed by atoms with Crippen LogP contribution in [-0.2, 0) is 0 Å². The third-order valence-corrected chi connectivity index (χ3v) is 3.67. The number of fused-ring (bicyclic) bond motifs is 1. The molecule has 0 unspecified atom stereocenters. The molecule has 0 bridgehead atoms. The van der Waals surface area contributed by atoms with Crippen LogP contribution in [0.2, 0.25) is 0 Å². The highest BCUT2D eigenvalue weighted by Gasteiger charge is 2.13. The summed E-state index contributed by atoms with van der Waals surface area (Å²) in [4.78, 5) is 12.8. The fourth-order valence-electron chi connectivity index (χ4n) is 1.92. The number of hydrogen-bond donors (Lipinski definition) is 1. The molecule has 2 aromatic rings. The van der Waals surface area contributed by atoms with E-state index in [-0.39, 0.29) is 11.8 Å². The summed E-state index contributed by atoms with van der Waals surface area (Å²) in [5.74, 6) is 0.0432. The zero-order valence-electron chi connectivity index (χ0n) is 11.4. The van der Waals surface area contributed by atoms with Gasteiger partial charge in [0.25, 0.3) is 5.91 Å². The van der Waals surface area contributed by atoms with Crippen molar-refractivity contribution in [2.24, 2.45) is 5.92 Å². The lowest BCUT2D eigenvalue weighted by Gasteiger charge is -2.12. The Morgan fingerprint density at radius 3 is 2.32 bits per heavy atom. The molecule has 0 aliphatic carbocycles. The summed E-state index contributed by atoms with van der Waals surface area (Å²) >= 11 is 5.16. The molecule has 0 fully saturated rings. The summed E-state index contributed by atoms with van der Waals surface area (Å²) in [6, 6.07) is 12.0. The van der Waals surface area contributed by atoms with Crippen LogP contribution in [-0.4, -0.2) is 10.9 Å². The van der Waals surface area contributed by atoms with Crippen LogP contribution in [0.3, 0.4) is 0 Å².